The summed E-state index contributed by atoms with van der Waals surface area (Å²) in [5.41, 5.74) is -0.264. The van der Waals surface area contributed by atoms with Crippen LogP contribution in [0.2, 0.25) is 0 Å². The maximum atomic E-state index is 11.0. The lowest BCUT2D eigenvalue weighted by molar-refractivity contribution is -0.117. The summed E-state index contributed by atoms with van der Waals surface area (Å²) < 4.78 is 0.0660. The summed E-state index contributed by atoms with van der Waals surface area (Å²) >= 11 is 9.61. The summed E-state index contributed by atoms with van der Waals surface area (Å²) in [5.74, 6) is 0. The molecule has 0 aliphatic rings. The predicted octanol–water partition coefficient (Wildman–Crippen LogP) is 3.09. The second-order valence-electron chi connectivity index (χ2n) is 2.17. The van der Waals surface area contributed by atoms with Crippen molar-refractivity contribution in [3.05, 3.63) is 0 Å². The van der Waals surface area contributed by atoms with Crippen LogP contribution < -0.4 is 0 Å². The van der Waals surface area contributed by atoms with E-state index in [0.717, 1.165) is 6.42 Å². The molecule has 0 saturated carbocycles. The Morgan fingerprint density at radius 1 is 1.40 bits per heavy atom. The van der Waals surface area contributed by atoms with Crippen molar-refractivity contribution in [3.8, 4) is 0 Å². The Hall–Kier alpha value is 1.11. The number of carbonyl (C=O) groups excluding carboxylic acids is 1. The monoisotopic (exact) mass is 334 g/mol. The van der Waals surface area contributed by atoms with Gasteiger partial charge in [-0.25, -0.2) is 0 Å². The molecular formula is C6H9Br3O. The first-order valence-corrected chi connectivity index (χ1v) is 5.98. The van der Waals surface area contributed by atoms with E-state index in [9.17, 15) is 4.79 Å². The van der Waals surface area contributed by atoms with E-state index in [2.05, 4.69) is 47.8 Å². The van der Waals surface area contributed by atoms with Gasteiger partial charge in [0.2, 0.25) is 4.69 Å². The molecule has 0 radical (unpaired) electrons. The smallest absolute Gasteiger partial charge is 0.205 e. The molecule has 0 aromatic rings. The van der Waals surface area contributed by atoms with Gasteiger partial charge < -0.3 is 0 Å². The average Bonchev–Trinajstić information content (AvgIpc) is 1.92. The molecule has 4 heteroatoms. The molecule has 0 saturated heterocycles. The zero-order chi connectivity index (χ0) is 8.20. The van der Waals surface area contributed by atoms with E-state index >= 15 is 0 Å². The van der Waals surface area contributed by atoms with Crippen LogP contribution in [0.25, 0.3) is 0 Å². The maximum absolute atomic E-state index is 11.0. The summed E-state index contributed by atoms with van der Waals surface area (Å²) in [5, 5.41) is 1.40. The molecule has 0 aromatic heterocycles. The van der Waals surface area contributed by atoms with E-state index < -0.39 is 0 Å². The molecule has 10 heavy (non-hydrogen) atoms. The minimum atomic E-state index is -0.264. The zero-order valence-corrected chi connectivity index (χ0v) is 10.4. The molecular weight excluding hydrogens is 328 g/mol. The highest BCUT2D eigenvalue weighted by molar-refractivity contribution is 9.18. The van der Waals surface area contributed by atoms with Crippen LogP contribution in [0.3, 0.4) is 0 Å². The minimum absolute atomic E-state index is 0.0660. The van der Waals surface area contributed by atoms with Gasteiger partial charge in [0, 0.05) is 10.7 Å². The second kappa shape index (κ2) is 4.88. The number of carbonyl (C=O) groups is 1. The van der Waals surface area contributed by atoms with Crippen LogP contribution in [0, 0.1) is 5.41 Å². The normalized spacial score (nSPS) is 11.6. The summed E-state index contributed by atoms with van der Waals surface area (Å²) in [4.78, 5) is 11.0. The Morgan fingerprint density at radius 3 is 1.80 bits per heavy atom. The molecule has 0 fully saturated rings. The molecule has 0 atom stereocenters. The van der Waals surface area contributed by atoms with Crippen molar-refractivity contribution in [2.45, 2.75) is 13.3 Å². The molecule has 0 bridgehead atoms. The van der Waals surface area contributed by atoms with Crippen LogP contribution >= 0.6 is 47.8 Å². The van der Waals surface area contributed by atoms with Crippen molar-refractivity contribution >= 4 is 52.5 Å². The number of rotatable bonds is 4. The summed E-state index contributed by atoms with van der Waals surface area (Å²) in [6.45, 7) is 2.00. The van der Waals surface area contributed by atoms with Crippen molar-refractivity contribution in [1.82, 2.24) is 0 Å². The van der Waals surface area contributed by atoms with E-state index in [4.69, 9.17) is 0 Å². The molecule has 0 aromatic carbocycles. The van der Waals surface area contributed by atoms with E-state index in [-0.39, 0.29) is 10.1 Å². The van der Waals surface area contributed by atoms with Gasteiger partial charge in [-0.1, -0.05) is 38.8 Å². The fourth-order valence-electron chi connectivity index (χ4n) is 0.469. The van der Waals surface area contributed by atoms with Gasteiger partial charge in [0.15, 0.2) is 0 Å². The van der Waals surface area contributed by atoms with Gasteiger partial charge in [-0.05, 0) is 22.4 Å². The van der Waals surface area contributed by atoms with Gasteiger partial charge in [0.25, 0.3) is 0 Å². The fourth-order valence-corrected chi connectivity index (χ4v) is 4.01. The van der Waals surface area contributed by atoms with E-state index in [1.165, 1.54) is 0 Å². The van der Waals surface area contributed by atoms with Crippen LogP contribution in [0.15, 0.2) is 0 Å². The highest BCUT2D eigenvalue weighted by atomic mass is 79.9. The van der Waals surface area contributed by atoms with E-state index in [1.807, 2.05) is 6.92 Å². The van der Waals surface area contributed by atoms with E-state index in [0.29, 0.717) is 10.7 Å². The lowest BCUT2D eigenvalue weighted by Crippen LogP contribution is -2.30. The molecule has 0 N–H and O–H groups in total. The van der Waals surface area contributed by atoms with Crippen LogP contribution in [-0.2, 0) is 4.79 Å². The van der Waals surface area contributed by atoms with Crippen LogP contribution in [0.4, 0.5) is 0 Å². The van der Waals surface area contributed by atoms with Crippen molar-refractivity contribution < 1.29 is 4.79 Å². The first-order valence-electron chi connectivity index (χ1n) is 2.95. The van der Waals surface area contributed by atoms with Crippen molar-refractivity contribution in [1.29, 1.82) is 0 Å². The Morgan fingerprint density at radius 2 is 1.80 bits per heavy atom. The highest BCUT2D eigenvalue weighted by Crippen LogP contribution is 2.30. The third kappa shape index (κ3) is 2.31. The first-order chi connectivity index (χ1) is 4.63. The van der Waals surface area contributed by atoms with Gasteiger partial charge in [0.05, 0.1) is 5.41 Å². The van der Waals surface area contributed by atoms with Crippen molar-refractivity contribution in [2.24, 2.45) is 5.41 Å². The number of hydrogen-bond acceptors (Lipinski definition) is 1. The largest absolute Gasteiger partial charge is 0.286 e. The Kier molecular flexibility index (Phi) is 5.42. The first kappa shape index (κ1) is 11.1. The molecule has 0 aliphatic heterocycles. The molecule has 60 valence electrons. The Balaban J connectivity index is 4.31. The predicted molar refractivity (Wildman–Crippen MR) is 54.2 cm³/mol. The summed E-state index contributed by atoms with van der Waals surface area (Å²) in [6, 6.07) is 0. The number of halogens is 3. The SMILES string of the molecule is CCC(CBr)(CBr)C(=O)Br. The topological polar surface area (TPSA) is 17.1 Å². The lowest BCUT2D eigenvalue weighted by Gasteiger charge is -2.23. The molecule has 0 aliphatic carbocycles. The molecule has 0 heterocycles. The Labute approximate surface area is 86.3 Å². The second-order valence-corrected chi connectivity index (χ2v) is 4.02. The number of alkyl halides is 2. The fraction of sp³-hybridized carbons (Fsp3) is 0.833. The summed E-state index contributed by atoms with van der Waals surface area (Å²) in [7, 11) is 0. The maximum Gasteiger partial charge on any atom is 0.205 e. The van der Waals surface area contributed by atoms with Gasteiger partial charge >= 0.3 is 0 Å². The lowest BCUT2D eigenvalue weighted by atomic mass is 9.92. The van der Waals surface area contributed by atoms with Crippen LogP contribution in [-0.4, -0.2) is 15.4 Å². The molecule has 0 amide bonds. The molecule has 0 unspecified atom stereocenters. The minimum Gasteiger partial charge on any atom is -0.286 e. The third-order valence-electron chi connectivity index (χ3n) is 1.61. The zero-order valence-electron chi connectivity index (χ0n) is 5.66. The molecule has 1 nitrogen and oxygen atoms in total. The highest BCUT2D eigenvalue weighted by Gasteiger charge is 2.32. The average molecular weight is 337 g/mol. The third-order valence-corrected chi connectivity index (χ3v) is 4.59. The van der Waals surface area contributed by atoms with Gasteiger partial charge in [0.1, 0.15) is 0 Å². The summed E-state index contributed by atoms with van der Waals surface area (Å²) in [6.07, 6.45) is 0.841. The Bertz CT molecular complexity index is 112. The van der Waals surface area contributed by atoms with Crippen LogP contribution in [0.5, 0.6) is 0 Å². The molecule has 0 spiro atoms. The van der Waals surface area contributed by atoms with E-state index in [1.54, 1.807) is 0 Å². The van der Waals surface area contributed by atoms with Crippen molar-refractivity contribution in [3.63, 3.8) is 0 Å². The van der Waals surface area contributed by atoms with Crippen molar-refractivity contribution in [2.75, 3.05) is 10.7 Å². The standard InChI is InChI=1S/C6H9Br3O/c1-2-6(3-7,4-8)5(9)10/h2-4H2,1H3. The van der Waals surface area contributed by atoms with Crippen LogP contribution in [0.1, 0.15) is 13.3 Å². The number of hydrogen-bond donors (Lipinski definition) is 0. The van der Waals surface area contributed by atoms with Gasteiger partial charge in [-0.2, -0.15) is 0 Å². The van der Waals surface area contributed by atoms with Gasteiger partial charge in [-0.3, -0.25) is 4.79 Å². The molecule has 0 rings (SSSR count). The van der Waals surface area contributed by atoms with Gasteiger partial charge in [-0.15, -0.1) is 0 Å². The quantitative estimate of drug-likeness (QED) is 0.569.